The smallest absolute Gasteiger partial charge is 0.337 e. The third-order valence-electron chi connectivity index (χ3n) is 2.77. The van der Waals surface area contributed by atoms with Crippen LogP contribution in [0.25, 0.3) is 0 Å². The van der Waals surface area contributed by atoms with Crippen LogP contribution in [0.5, 0.6) is 0 Å². The monoisotopic (exact) mass is 293 g/mol. The van der Waals surface area contributed by atoms with Crippen molar-refractivity contribution in [2.75, 3.05) is 5.32 Å². The molecule has 0 unspecified atom stereocenters. The maximum atomic E-state index is 12.1. The average Bonchev–Trinajstić information content (AvgIpc) is 2.89. The van der Waals surface area contributed by atoms with Crippen molar-refractivity contribution in [2.24, 2.45) is 0 Å². The summed E-state index contributed by atoms with van der Waals surface area (Å²) in [5, 5.41) is 12.0. The Kier molecular flexibility index (Phi) is 4.10. The van der Waals surface area contributed by atoms with Gasteiger partial charge in [-0.3, -0.25) is 4.79 Å². The lowest BCUT2D eigenvalue weighted by Gasteiger charge is -2.08. The molecule has 1 heterocycles. The fraction of sp³-hybridized carbons (Fsp3) is 0.143. The first-order valence-electron chi connectivity index (χ1n) is 5.93. The van der Waals surface area contributed by atoms with Crippen molar-refractivity contribution in [3.63, 3.8) is 0 Å². The van der Waals surface area contributed by atoms with E-state index in [1.54, 1.807) is 6.07 Å². The fourth-order valence-corrected chi connectivity index (χ4v) is 1.98. The summed E-state index contributed by atoms with van der Waals surface area (Å²) in [6.07, 6.45) is 2.00. The normalized spacial score (nSPS) is 10.3. The molecule has 0 spiro atoms. The number of carbonyl (C=O) groups excluding carboxylic acids is 1. The van der Waals surface area contributed by atoms with Crippen molar-refractivity contribution in [3.05, 3.63) is 52.4 Å². The first kappa shape index (κ1) is 14.1. The first-order chi connectivity index (χ1) is 9.52. The number of rotatable bonds is 4. The van der Waals surface area contributed by atoms with Crippen LogP contribution in [0.15, 0.2) is 34.9 Å². The number of furan rings is 1. The van der Waals surface area contributed by atoms with Gasteiger partial charge in [0.1, 0.15) is 5.76 Å². The summed E-state index contributed by atoms with van der Waals surface area (Å²) < 4.78 is 5.17. The van der Waals surface area contributed by atoms with Crippen LogP contribution >= 0.6 is 11.6 Å². The lowest BCUT2D eigenvalue weighted by molar-refractivity contribution is 0.0698. The second-order valence-corrected chi connectivity index (χ2v) is 4.50. The van der Waals surface area contributed by atoms with Crippen LogP contribution in [0.3, 0.4) is 0 Å². The Hall–Kier alpha value is -2.27. The minimum atomic E-state index is -1.16. The molecule has 0 aliphatic rings. The van der Waals surface area contributed by atoms with Gasteiger partial charge in [-0.05, 0) is 24.3 Å². The van der Waals surface area contributed by atoms with E-state index in [1.165, 1.54) is 24.5 Å². The van der Waals surface area contributed by atoms with E-state index in [1.807, 2.05) is 6.92 Å². The van der Waals surface area contributed by atoms with E-state index < -0.39 is 11.9 Å². The molecule has 2 aromatic rings. The maximum Gasteiger partial charge on any atom is 0.337 e. The van der Waals surface area contributed by atoms with Crippen molar-refractivity contribution in [1.29, 1.82) is 0 Å². The highest BCUT2D eigenvalue weighted by atomic mass is 35.5. The largest absolute Gasteiger partial charge is 0.478 e. The highest BCUT2D eigenvalue weighted by Gasteiger charge is 2.17. The molecule has 0 radical (unpaired) electrons. The van der Waals surface area contributed by atoms with E-state index in [0.29, 0.717) is 17.7 Å². The van der Waals surface area contributed by atoms with Crippen LogP contribution in [-0.2, 0) is 6.42 Å². The van der Waals surface area contributed by atoms with Crippen molar-refractivity contribution in [3.8, 4) is 0 Å². The van der Waals surface area contributed by atoms with Gasteiger partial charge in [-0.2, -0.15) is 0 Å². The molecule has 0 saturated heterocycles. The fourth-order valence-electron chi connectivity index (χ4n) is 1.81. The SMILES string of the molecule is CCc1occc1C(=O)Nc1ccc(Cl)cc1C(=O)O. The molecule has 0 fully saturated rings. The number of amides is 1. The Morgan fingerprint density at radius 1 is 1.30 bits per heavy atom. The number of nitrogens with one attached hydrogen (secondary N) is 1. The average molecular weight is 294 g/mol. The number of carbonyl (C=O) groups is 2. The molecule has 20 heavy (non-hydrogen) atoms. The van der Waals surface area contributed by atoms with Crippen molar-refractivity contribution in [1.82, 2.24) is 0 Å². The van der Waals surface area contributed by atoms with Crippen molar-refractivity contribution < 1.29 is 19.1 Å². The Balaban J connectivity index is 2.31. The molecule has 2 N–H and O–H groups in total. The Bertz CT molecular complexity index is 663. The van der Waals surface area contributed by atoms with Crippen LogP contribution in [0, 0.1) is 0 Å². The molecule has 1 aromatic heterocycles. The van der Waals surface area contributed by atoms with Gasteiger partial charge in [-0.1, -0.05) is 18.5 Å². The number of carboxylic acid groups (broad SMARTS) is 1. The van der Waals surface area contributed by atoms with Crippen LogP contribution in [0.1, 0.15) is 33.4 Å². The minimum absolute atomic E-state index is 0.0626. The quantitative estimate of drug-likeness (QED) is 0.905. The van der Waals surface area contributed by atoms with Gasteiger partial charge in [0, 0.05) is 11.4 Å². The van der Waals surface area contributed by atoms with Crippen LogP contribution in [0.2, 0.25) is 5.02 Å². The molecule has 0 saturated carbocycles. The number of carboxylic acids is 1. The molecular formula is C14H12ClNO4. The predicted molar refractivity (Wildman–Crippen MR) is 74.5 cm³/mol. The molecule has 2 rings (SSSR count). The van der Waals surface area contributed by atoms with E-state index in [-0.39, 0.29) is 16.3 Å². The van der Waals surface area contributed by atoms with Crippen LogP contribution in [-0.4, -0.2) is 17.0 Å². The number of benzene rings is 1. The highest BCUT2D eigenvalue weighted by Crippen LogP contribution is 2.22. The summed E-state index contributed by atoms with van der Waals surface area (Å²) in [5.41, 5.74) is 0.515. The lowest BCUT2D eigenvalue weighted by atomic mass is 10.1. The highest BCUT2D eigenvalue weighted by molar-refractivity contribution is 6.31. The molecular weight excluding hydrogens is 282 g/mol. The Morgan fingerprint density at radius 2 is 2.05 bits per heavy atom. The number of anilines is 1. The molecule has 1 aromatic carbocycles. The van der Waals surface area contributed by atoms with Crippen LogP contribution < -0.4 is 5.32 Å². The number of aryl methyl sites for hydroxylation is 1. The molecule has 0 atom stereocenters. The zero-order chi connectivity index (χ0) is 14.7. The van der Waals surface area contributed by atoms with Gasteiger partial charge in [0.15, 0.2) is 0 Å². The third-order valence-corrected chi connectivity index (χ3v) is 3.01. The van der Waals surface area contributed by atoms with Crippen molar-refractivity contribution in [2.45, 2.75) is 13.3 Å². The van der Waals surface area contributed by atoms with Gasteiger partial charge < -0.3 is 14.8 Å². The number of hydrogen-bond donors (Lipinski definition) is 2. The Morgan fingerprint density at radius 3 is 2.70 bits per heavy atom. The standard InChI is InChI=1S/C14H12ClNO4/c1-2-12-9(5-6-20-12)13(17)16-11-4-3-8(15)7-10(11)14(18)19/h3-7H,2H2,1H3,(H,16,17)(H,18,19). The van der Waals surface area contributed by atoms with E-state index >= 15 is 0 Å². The first-order valence-corrected chi connectivity index (χ1v) is 6.31. The van der Waals surface area contributed by atoms with Crippen LogP contribution in [0.4, 0.5) is 5.69 Å². The Labute approximate surface area is 120 Å². The molecule has 5 nitrogen and oxygen atoms in total. The molecule has 0 aliphatic heterocycles. The van der Waals surface area contributed by atoms with Gasteiger partial charge in [-0.25, -0.2) is 4.79 Å². The molecule has 0 aliphatic carbocycles. The van der Waals surface area contributed by atoms with Gasteiger partial charge in [0.05, 0.1) is 23.1 Å². The topological polar surface area (TPSA) is 79.5 Å². The molecule has 1 amide bonds. The van der Waals surface area contributed by atoms with E-state index in [0.717, 1.165) is 0 Å². The van der Waals surface area contributed by atoms with E-state index in [9.17, 15) is 9.59 Å². The van der Waals surface area contributed by atoms with Gasteiger partial charge in [0.25, 0.3) is 5.91 Å². The summed E-state index contributed by atoms with van der Waals surface area (Å²) in [7, 11) is 0. The zero-order valence-corrected chi connectivity index (χ0v) is 11.4. The zero-order valence-electron chi connectivity index (χ0n) is 10.6. The summed E-state index contributed by atoms with van der Waals surface area (Å²) in [6, 6.07) is 5.80. The number of hydrogen-bond acceptors (Lipinski definition) is 3. The minimum Gasteiger partial charge on any atom is -0.478 e. The summed E-state index contributed by atoms with van der Waals surface area (Å²) in [4.78, 5) is 23.3. The molecule has 0 bridgehead atoms. The molecule has 6 heteroatoms. The third kappa shape index (κ3) is 2.83. The second kappa shape index (κ2) is 5.79. The van der Waals surface area contributed by atoms with Gasteiger partial charge >= 0.3 is 5.97 Å². The van der Waals surface area contributed by atoms with E-state index in [2.05, 4.69) is 5.32 Å². The van der Waals surface area contributed by atoms with Crippen molar-refractivity contribution >= 4 is 29.2 Å². The summed E-state index contributed by atoms with van der Waals surface area (Å²) >= 11 is 5.75. The number of aromatic carboxylic acids is 1. The van der Waals surface area contributed by atoms with E-state index in [4.69, 9.17) is 21.1 Å². The predicted octanol–water partition coefficient (Wildman–Crippen LogP) is 3.45. The lowest BCUT2D eigenvalue weighted by Crippen LogP contribution is -2.15. The summed E-state index contributed by atoms with van der Waals surface area (Å²) in [6.45, 7) is 1.86. The molecule has 104 valence electrons. The van der Waals surface area contributed by atoms with Gasteiger partial charge in [0.2, 0.25) is 0 Å². The maximum absolute atomic E-state index is 12.1. The number of halogens is 1. The second-order valence-electron chi connectivity index (χ2n) is 4.06. The summed E-state index contributed by atoms with van der Waals surface area (Å²) in [5.74, 6) is -1.03. The van der Waals surface area contributed by atoms with Gasteiger partial charge in [-0.15, -0.1) is 0 Å².